The van der Waals surface area contributed by atoms with Crippen molar-refractivity contribution in [2.45, 2.75) is 25.3 Å². The summed E-state index contributed by atoms with van der Waals surface area (Å²) in [7, 11) is 3.89. The second-order valence-corrected chi connectivity index (χ2v) is 7.76. The van der Waals surface area contributed by atoms with Crippen LogP contribution < -0.4 is 16.0 Å². The molecule has 0 bridgehead atoms. The van der Waals surface area contributed by atoms with Crippen LogP contribution in [0.15, 0.2) is 48.5 Å². The van der Waals surface area contributed by atoms with Crippen LogP contribution in [0.2, 0.25) is 0 Å². The topological polar surface area (TPSA) is 90.5 Å². The number of fused-ring (bicyclic) bond motifs is 1. The fraction of sp³-hybridized carbons (Fsp3) is 0.348. The molecule has 30 heavy (non-hydrogen) atoms. The molecule has 158 valence electrons. The van der Waals surface area contributed by atoms with E-state index in [9.17, 15) is 14.4 Å². The van der Waals surface area contributed by atoms with Crippen LogP contribution in [0.3, 0.4) is 0 Å². The average Bonchev–Trinajstić information content (AvgIpc) is 3.13. The van der Waals surface area contributed by atoms with Crippen LogP contribution in [-0.4, -0.2) is 55.8 Å². The molecule has 0 unspecified atom stereocenters. The first-order valence-corrected chi connectivity index (χ1v) is 10.1. The Balaban J connectivity index is 1.57. The lowest BCUT2D eigenvalue weighted by molar-refractivity contribution is -0.136. The van der Waals surface area contributed by atoms with Gasteiger partial charge in [0, 0.05) is 12.6 Å². The number of carbonyl (C=O) groups is 3. The molecule has 0 saturated carbocycles. The average molecular weight is 409 g/mol. The number of nitrogens with one attached hydrogen (secondary N) is 3. The molecule has 0 fully saturated rings. The maximum Gasteiger partial charge on any atom is 0.313 e. The van der Waals surface area contributed by atoms with Crippen LogP contribution >= 0.6 is 0 Å². The van der Waals surface area contributed by atoms with Crippen molar-refractivity contribution in [1.82, 2.24) is 15.5 Å². The molecule has 7 nitrogen and oxygen atoms in total. The van der Waals surface area contributed by atoms with Gasteiger partial charge < -0.3 is 20.9 Å². The highest BCUT2D eigenvalue weighted by atomic mass is 16.2. The van der Waals surface area contributed by atoms with Gasteiger partial charge in [0.15, 0.2) is 0 Å². The highest BCUT2D eigenvalue weighted by Gasteiger charge is 2.24. The van der Waals surface area contributed by atoms with E-state index >= 15 is 0 Å². The zero-order chi connectivity index (χ0) is 21.5. The highest BCUT2D eigenvalue weighted by Crippen LogP contribution is 2.22. The van der Waals surface area contributed by atoms with Crippen molar-refractivity contribution in [1.29, 1.82) is 0 Å². The van der Waals surface area contributed by atoms with Crippen molar-refractivity contribution >= 4 is 23.4 Å². The van der Waals surface area contributed by atoms with Crippen LogP contribution in [0.1, 0.15) is 27.9 Å². The standard InChI is InChI=1S/C23H28N4O3/c1-27(2)13-7-12-24-22(29)23(30)26-20-11-6-5-10-19(20)21(28)25-18-14-16-8-3-4-9-17(16)15-18/h3-6,8-11,18H,7,12-15H2,1-2H3,(H,24,29)(H,25,28)(H,26,30). The monoisotopic (exact) mass is 408 g/mol. The number of hydrogen-bond donors (Lipinski definition) is 3. The Morgan fingerprint density at radius 1 is 0.933 bits per heavy atom. The maximum atomic E-state index is 12.8. The van der Waals surface area contributed by atoms with Crippen molar-refractivity contribution in [3.8, 4) is 0 Å². The molecule has 0 heterocycles. The third-order valence-corrected chi connectivity index (χ3v) is 5.08. The van der Waals surface area contributed by atoms with Crippen molar-refractivity contribution < 1.29 is 14.4 Å². The summed E-state index contributed by atoms with van der Waals surface area (Å²) < 4.78 is 0. The van der Waals surface area contributed by atoms with Gasteiger partial charge in [-0.15, -0.1) is 0 Å². The first kappa shape index (κ1) is 21.5. The molecule has 0 radical (unpaired) electrons. The van der Waals surface area contributed by atoms with Crippen LogP contribution in [0.4, 0.5) is 5.69 Å². The molecule has 0 spiro atoms. The van der Waals surface area contributed by atoms with E-state index in [0.717, 1.165) is 25.8 Å². The van der Waals surface area contributed by atoms with Gasteiger partial charge in [-0.05, 0) is 63.2 Å². The number of benzene rings is 2. The Morgan fingerprint density at radius 3 is 2.23 bits per heavy atom. The molecule has 3 rings (SSSR count). The van der Waals surface area contributed by atoms with Gasteiger partial charge in [-0.25, -0.2) is 0 Å². The Kier molecular flexibility index (Phi) is 7.19. The molecule has 0 aliphatic heterocycles. The van der Waals surface area contributed by atoms with Crippen molar-refractivity contribution in [3.63, 3.8) is 0 Å². The van der Waals surface area contributed by atoms with E-state index in [4.69, 9.17) is 0 Å². The van der Waals surface area contributed by atoms with Gasteiger partial charge in [-0.1, -0.05) is 36.4 Å². The lowest BCUT2D eigenvalue weighted by Gasteiger charge is -2.15. The summed E-state index contributed by atoms with van der Waals surface area (Å²) in [5.41, 5.74) is 3.15. The first-order valence-electron chi connectivity index (χ1n) is 10.1. The van der Waals surface area contributed by atoms with Gasteiger partial charge in [-0.3, -0.25) is 14.4 Å². The summed E-state index contributed by atoms with van der Waals surface area (Å²) >= 11 is 0. The van der Waals surface area contributed by atoms with E-state index < -0.39 is 11.8 Å². The summed E-state index contributed by atoms with van der Waals surface area (Å²) in [5, 5.41) is 8.20. The zero-order valence-corrected chi connectivity index (χ0v) is 17.4. The molecule has 3 N–H and O–H groups in total. The van der Waals surface area contributed by atoms with Gasteiger partial charge in [0.1, 0.15) is 0 Å². The molecule has 0 saturated heterocycles. The lowest BCUT2D eigenvalue weighted by atomic mass is 10.1. The van der Waals surface area contributed by atoms with Crippen LogP contribution in [-0.2, 0) is 22.4 Å². The van der Waals surface area contributed by atoms with Gasteiger partial charge in [0.05, 0.1) is 11.3 Å². The molecule has 2 aromatic carbocycles. The number of para-hydroxylation sites is 1. The second-order valence-electron chi connectivity index (χ2n) is 7.76. The molecule has 1 aliphatic rings. The Labute approximate surface area is 176 Å². The minimum atomic E-state index is -0.784. The zero-order valence-electron chi connectivity index (χ0n) is 17.4. The van der Waals surface area contributed by atoms with E-state index in [1.54, 1.807) is 24.3 Å². The summed E-state index contributed by atoms with van der Waals surface area (Å²) in [4.78, 5) is 39.1. The molecule has 1 aliphatic carbocycles. The lowest BCUT2D eigenvalue weighted by Crippen LogP contribution is -2.38. The molecule has 0 aromatic heterocycles. The first-order chi connectivity index (χ1) is 14.4. The third-order valence-electron chi connectivity index (χ3n) is 5.08. The van der Waals surface area contributed by atoms with Crippen LogP contribution in [0, 0.1) is 0 Å². The normalized spacial score (nSPS) is 13.0. The Bertz CT molecular complexity index is 901. The van der Waals surface area contributed by atoms with Gasteiger partial charge in [0.25, 0.3) is 5.91 Å². The number of hydrogen-bond acceptors (Lipinski definition) is 4. The predicted molar refractivity (Wildman–Crippen MR) is 116 cm³/mol. The van der Waals surface area contributed by atoms with Gasteiger partial charge >= 0.3 is 11.8 Å². The summed E-state index contributed by atoms with van der Waals surface area (Å²) in [6, 6.07) is 14.9. The Morgan fingerprint density at radius 2 is 1.57 bits per heavy atom. The van der Waals surface area contributed by atoms with Gasteiger partial charge in [-0.2, -0.15) is 0 Å². The molecule has 3 amide bonds. The van der Waals surface area contributed by atoms with E-state index in [1.165, 1.54) is 11.1 Å². The summed E-state index contributed by atoms with van der Waals surface area (Å²) in [5.74, 6) is -1.77. The van der Waals surface area contributed by atoms with Crippen LogP contribution in [0.25, 0.3) is 0 Å². The van der Waals surface area contributed by atoms with E-state index in [-0.39, 0.29) is 11.9 Å². The summed E-state index contributed by atoms with van der Waals surface area (Å²) in [6.45, 7) is 1.23. The fourth-order valence-corrected chi connectivity index (χ4v) is 3.57. The summed E-state index contributed by atoms with van der Waals surface area (Å²) in [6.07, 6.45) is 2.31. The predicted octanol–water partition coefficient (Wildman–Crippen LogP) is 1.59. The molecule has 2 aromatic rings. The minimum absolute atomic E-state index is 0.0126. The van der Waals surface area contributed by atoms with E-state index in [2.05, 4.69) is 28.1 Å². The largest absolute Gasteiger partial charge is 0.349 e. The van der Waals surface area contributed by atoms with Gasteiger partial charge in [0.2, 0.25) is 0 Å². The minimum Gasteiger partial charge on any atom is -0.349 e. The highest BCUT2D eigenvalue weighted by molar-refractivity contribution is 6.40. The number of nitrogens with zero attached hydrogens (tertiary/aromatic N) is 1. The number of amides is 3. The van der Waals surface area contributed by atoms with Crippen molar-refractivity contribution in [2.24, 2.45) is 0 Å². The quantitative estimate of drug-likeness (QED) is 0.479. The molecule has 0 atom stereocenters. The number of rotatable bonds is 7. The van der Waals surface area contributed by atoms with Crippen molar-refractivity contribution in [2.75, 3.05) is 32.5 Å². The van der Waals surface area contributed by atoms with Crippen LogP contribution in [0.5, 0.6) is 0 Å². The van der Waals surface area contributed by atoms with Crippen molar-refractivity contribution in [3.05, 3.63) is 65.2 Å². The number of anilines is 1. The second kappa shape index (κ2) is 10.0. The SMILES string of the molecule is CN(C)CCCNC(=O)C(=O)Nc1ccccc1C(=O)NC1Cc2ccccc2C1. The van der Waals surface area contributed by atoms with E-state index in [1.807, 2.05) is 31.1 Å². The van der Waals surface area contributed by atoms with E-state index in [0.29, 0.717) is 17.8 Å². The maximum absolute atomic E-state index is 12.8. The fourth-order valence-electron chi connectivity index (χ4n) is 3.57. The number of carbonyl (C=O) groups excluding carboxylic acids is 3. The third kappa shape index (κ3) is 5.67. The Hall–Kier alpha value is -3.19. The molecular weight excluding hydrogens is 380 g/mol. The molecular formula is C23H28N4O3. The molecule has 7 heteroatoms. The smallest absolute Gasteiger partial charge is 0.313 e.